The fourth-order valence-electron chi connectivity index (χ4n) is 2.69. The molecule has 0 saturated carbocycles. The van der Waals surface area contributed by atoms with Gasteiger partial charge in [0.1, 0.15) is 5.82 Å². The van der Waals surface area contributed by atoms with Crippen LogP contribution in [0.1, 0.15) is 37.2 Å². The molecular formula is C16H19N3O. The summed E-state index contributed by atoms with van der Waals surface area (Å²) in [5.41, 5.74) is 3.34. The fourth-order valence-corrected chi connectivity index (χ4v) is 2.69. The van der Waals surface area contributed by atoms with Crippen molar-refractivity contribution in [3.05, 3.63) is 41.9 Å². The number of rotatable bonds is 4. The van der Waals surface area contributed by atoms with Gasteiger partial charge in [-0.2, -0.15) is 0 Å². The van der Waals surface area contributed by atoms with E-state index in [1.165, 1.54) is 5.69 Å². The molecule has 1 fully saturated rings. The van der Waals surface area contributed by atoms with Crippen LogP contribution in [0.5, 0.6) is 0 Å². The molecule has 1 aliphatic heterocycles. The Kier molecular flexibility index (Phi) is 3.54. The first-order valence-electron chi connectivity index (χ1n) is 7.18. The van der Waals surface area contributed by atoms with Crippen molar-refractivity contribution in [2.24, 2.45) is 0 Å². The Morgan fingerprint density at radius 3 is 2.75 bits per heavy atom. The highest BCUT2D eigenvalue weighted by molar-refractivity contribution is 5.79. The summed E-state index contributed by atoms with van der Waals surface area (Å²) in [4.78, 5) is 19.6. The molecule has 1 aliphatic rings. The minimum absolute atomic E-state index is 0.115. The van der Waals surface area contributed by atoms with Gasteiger partial charge in [-0.1, -0.05) is 43.7 Å². The van der Waals surface area contributed by atoms with Crippen molar-refractivity contribution in [2.45, 2.75) is 32.1 Å². The number of nitrogens with one attached hydrogen (secondary N) is 2. The summed E-state index contributed by atoms with van der Waals surface area (Å²) in [6.45, 7) is 2.85. The van der Waals surface area contributed by atoms with E-state index >= 15 is 0 Å². The van der Waals surface area contributed by atoms with Gasteiger partial charge in [0.05, 0.1) is 5.69 Å². The van der Waals surface area contributed by atoms with Crippen LogP contribution in [0.25, 0.3) is 11.3 Å². The molecule has 3 rings (SSSR count). The normalized spacial score (nSPS) is 18.2. The molecule has 4 heteroatoms. The Hall–Kier alpha value is -2.10. The van der Waals surface area contributed by atoms with Crippen LogP contribution in [-0.2, 0) is 11.2 Å². The standard InChI is InChI=1S/C16H19N3O/c1-2-6-13-15(11-7-4-3-5-8-11)19-16(18-13)12-9-14(20)17-10-12/h3-5,7-8,12H,2,6,9-10H2,1H3,(H,17,20)(H,18,19)/t12-/m1/s1. The molecule has 1 atom stereocenters. The molecular weight excluding hydrogens is 250 g/mol. The number of carbonyl (C=O) groups excluding carboxylic acids is 1. The van der Waals surface area contributed by atoms with Crippen molar-refractivity contribution < 1.29 is 4.79 Å². The second-order valence-corrected chi connectivity index (χ2v) is 5.27. The van der Waals surface area contributed by atoms with Crippen molar-refractivity contribution in [1.29, 1.82) is 0 Å². The van der Waals surface area contributed by atoms with E-state index in [0.29, 0.717) is 13.0 Å². The lowest BCUT2D eigenvalue weighted by molar-refractivity contribution is -0.119. The summed E-state index contributed by atoms with van der Waals surface area (Å²) >= 11 is 0. The first kappa shape index (κ1) is 12.9. The first-order chi connectivity index (χ1) is 9.78. The van der Waals surface area contributed by atoms with Crippen molar-refractivity contribution in [3.63, 3.8) is 0 Å². The van der Waals surface area contributed by atoms with Gasteiger partial charge in [-0.05, 0) is 6.42 Å². The van der Waals surface area contributed by atoms with Gasteiger partial charge in [0, 0.05) is 30.1 Å². The summed E-state index contributed by atoms with van der Waals surface area (Å²) in [5.74, 6) is 1.23. The minimum atomic E-state index is 0.115. The maximum absolute atomic E-state index is 11.4. The first-order valence-corrected chi connectivity index (χ1v) is 7.18. The van der Waals surface area contributed by atoms with Gasteiger partial charge in [0.15, 0.2) is 0 Å². The molecule has 20 heavy (non-hydrogen) atoms. The van der Waals surface area contributed by atoms with Gasteiger partial charge < -0.3 is 10.3 Å². The molecule has 1 aromatic heterocycles. The third-order valence-corrected chi connectivity index (χ3v) is 3.71. The van der Waals surface area contributed by atoms with Crippen LogP contribution in [0.2, 0.25) is 0 Å². The van der Waals surface area contributed by atoms with Crippen LogP contribution < -0.4 is 5.32 Å². The number of hydrogen-bond donors (Lipinski definition) is 2. The van der Waals surface area contributed by atoms with E-state index in [2.05, 4.69) is 29.4 Å². The number of aromatic amines is 1. The Labute approximate surface area is 118 Å². The van der Waals surface area contributed by atoms with E-state index in [-0.39, 0.29) is 11.8 Å². The molecule has 0 aliphatic carbocycles. The van der Waals surface area contributed by atoms with Gasteiger partial charge in [-0.25, -0.2) is 4.98 Å². The largest absolute Gasteiger partial charge is 0.355 e. The van der Waals surface area contributed by atoms with Crippen LogP contribution in [-0.4, -0.2) is 22.4 Å². The fraction of sp³-hybridized carbons (Fsp3) is 0.375. The Bertz CT molecular complexity index is 603. The molecule has 2 N–H and O–H groups in total. The zero-order chi connectivity index (χ0) is 13.9. The number of H-pyrrole nitrogens is 1. The number of hydrogen-bond acceptors (Lipinski definition) is 2. The third kappa shape index (κ3) is 2.46. The van der Waals surface area contributed by atoms with Crippen LogP contribution in [0.3, 0.4) is 0 Å². The number of carbonyl (C=O) groups is 1. The van der Waals surface area contributed by atoms with Gasteiger partial charge >= 0.3 is 0 Å². The number of benzene rings is 1. The SMILES string of the molecule is CCCc1[nH]c([C@H]2CNC(=O)C2)nc1-c1ccccc1. The molecule has 1 amide bonds. The quantitative estimate of drug-likeness (QED) is 0.896. The lowest BCUT2D eigenvalue weighted by atomic mass is 10.1. The molecule has 0 unspecified atom stereocenters. The zero-order valence-corrected chi connectivity index (χ0v) is 11.6. The third-order valence-electron chi connectivity index (χ3n) is 3.71. The summed E-state index contributed by atoms with van der Waals surface area (Å²) in [6.07, 6.45) is 2.59. The maximum atomic E-state index is 11.4. The molecule has 0 bridgehead atoms. The van der Waals surface area contributed by atoms with Gasteiger partial charge in [0.2, 0.25) is 5.91 Å². The number of aromatic nitrogens is 2. The molecule has 1 aromatic carbocycles. The lowest BCUT2D eigenvalue weighted by Gasteiger charge is -2.01. The maximum Gasteiger partial charge on any atom is 0.220 e. The minimum Gasteiger partial charge on any atom is -0.355 e. The Morgan fingerprint density at radius 2 is 2.10 bits per heavy atom. The van der Waals surface area contributed by atoms with Crippen molar-refractivity contribution in [2.75, 3.05) is 6.54 Å². The van der Waals surface area contributed by atoms with Crippen molar-refractivity contribution in [1.82, 2.24) is 15.3 Å². The van der Waals surface area contributed by atoms with E-state index in [1.807, 2.05) is 18.2 Å². The molecule has 4 nitrogen and oxygen atoms in total. The molecule has 2 heterocycles. The van der Waals surface area contributed by atoms with Gasteiger partial charge in [0.25, 0.3) is 0 Å². The van der Waals surface area contributed by atoms with E-state index in [1.54, 1.807) is 0 Å². The molecule has 104 valence electrons. The zero-order valence-electron chi connectivity index (χ0n) is 11.6. The average Bonchev–Trinajstić information content (AvgIpc) is 3.07. The van der Waals surface area contributed by atoms with Crippen LogP contribution in [0.15, 0.2) is 30.3 Å². The number of nitrogens with zero attached hydrogens (tertiary/aromatic N) is 1. The molecule has 2 aromatic rings. The second-order valence-electron chi connectivity index (χ2n) is 5.27. The highest BCUT2D eigenvalue weighted by Crippen LogP contribution is 2.27. The predicted molar refractivity (Wildman–Crippen MR) is 78.4 cm³/mol. The van der Waals surface area contributed by atoms with Crippen molar-refractivity contribution in [3.8, 4) is 11.3 Å². The summed E-state index contributed by atoms with van der Waals surface area (Å²) in [7, 11) is 0. The lowest BCUT2D eigenvalue weighted by Crippen LogP contribution is -2.13. The van der Waals surface area contributed by atoms with Crippen LogP contribution in [0, 0.1) is 0 Å². The van der Waals surface area contributed by atoms with Crippen LogP contribution >= 0.6 is 0 Å². The number of amides is 1. The smallest absolute Gasteiger partial charge is 0.220 e. The molecule has 0 radical (unpaired) electrons. The Balaban J connectivity index is 1.96. The number of aryl methyl sites for hydroxylation is 1. The second kappa shape index (κ2) is 5.49. The summed E-state index contributed by atoms with van der Waals surface area (Å²) < 4.78 is 0. The van der Waals surface area contributed by atoms with Gasteiger partial charge in [-0.3, -0.25) is 4.79 Å². The van der Waals surface area contributed by atoms with E-state index in [4.69, 9.17) is 4.98 Å². The summed E-state index contributed by atoms with van der Waals surface area (Å²) in [5, 5.41) is 2.87. The van der Waals surface area contributed by atoms with E-state index in [0.717, 1.165) is 29.9 Å². The molecule has 0 spiro atoms. The molecule has 1 saturated heterocycles. The highest BCUT2D eigenvalue weighted by atomic mass is 16.1. The van der Waals surface area contributed by atoms with Gasteiger partial charge in [-0.15, -0.1) is 0 Å². The summed E-state index contributed by atoms with van der Waals surface area (Å²) in [6, 6.07) is 10.2. The van der Waals surface area contributed by atoms with E-state index in [9.17, 15) is 4.79 Å². The van der Waals surface area contributed by atoms with Crippen LogP contribution in [0.4, 0.5) is 0 Å². The number of imidazole rings is 1. The Morgan fingerprint density at radius 1 is 1.30 bits per heavy atom. The highest BCUT2D eigenvalue weighted by Gasteiger charge is 2.26. The topological polar surface area (TPSA) is 57.8 Å². The predicted octanol–water partition coefficient (Wildman–Crippen LogP) is 2.63. The van der Waals surface area contributed by atoms with E-state index < -0.39 is 0 Å². The average molecular weight is 269 g/mol. The monoisotopic (exact) mass is 269 g/mol. The van der Waals surface area contributed by atoms with Crippen molar-refractivity contribution >= 4 is 5.91 Å².